The van der Waals surface area contributed by atoms with Crippen LogP contribution in [-0.2, 0) is 11.2 Å². The van der Waals surface area contributed by atoms with Crippen LogP contribution in [0.1, 0.15) is 37.7 Å². The SMILES string of the molecule is O=C(NCCc1ccncc1)N1CC2(CCC2)[C@@H]1[C@@H]1CCCO1. The summed E-state index contributed by atoms with van der Waals surface area (Å²) in [5, 5.41) is 3.08. The summed E-state index contributed by atoms with van der Waals surface area (Å²) in [5.41, 5.74) is 1.58. The number of likely N-dealkylation sites (tertiary alicyclic amines) is 1. The zero-order chi connectivity index (χ0) is 15.7. The molecule has 1 spiro atoms. The Labute approximate surface area is 137 Å². The van der Waals surface area contributed by atoms with Gasteiger partial charge >= 0.3 is 6.03 Å². The second kappa shape index (κ2) is 6.11. The van der Waals surface area contributed by atoms with Crippen LogP contribution in [-0.4, -0.2) is 47.8 Å². The normalized spacial score (nSPS) is 28.3. The molecule has 3 heterocycles. The number of nitrogens with one attached hydrogen (secondary N) is 1. The van der Waals surface area contributed by atoms with Crippen LogP contribution in [0, 0.1) is 5.41 Å². The van der Waals surface area contributed by atoms with Gasteiger partial charge < -0.3 is 15.0 Å². The highest BCUT2D eigenvalue weighted by molar-refractivity contribution is 5.76. The minimum Gasteiger partial charge on any atom is -0.376 e. The Morgan fingerprint density at radius 2 is 2.17 bits per heavy atom. The molecule has 0 unspecified atom stereocenters. The fraction of sp³-hybridized carbons (Fsp3) is 0.667. The summed E-state index contributed by atoms with van der Waals surface area (Å²) in [4.78, 5) is 18.6. The fourth-order valence-electron chi connectivity index (χ4n) is 4.44. The highest BCUT2D eigenvalue weighted by Crippen LogP contribution is 2.55. The Hall–Kier alpha value is -1.62. The van der Waals surface area contributed by atoms with Gasteiger partial charge in [0.15, 0.2) is 0 Å². The van der Waals surface area contributed by atoms with Gasteiger partial charge in [-0.25, -0.2) is 4.79 Å². The topological polar surface area (TPSA) is 54.5 Å². The Morgan fingerprint density at radius 3 is 2.83 bits per heavy atom. The van der Waals surface area contributed by atoms with E-state index in [1.807, 2.05) is 17.0 Å². The van der Waals surface area contributed by atoms with Gasteiger partial charge in [-0.2, -0.15) is 0 Å². The molecule has 23 heavy (non-hydrogen) atoms. The van der Waals surface area contributed by atoms with Gasteiger partial charge in [-0.05, 0) is 49.8 Å². The standard InChI is InChI=1S/C18H25N3O2/c22-17(20-11-6-14-4-9-19-10-5-14)21-13-18(7-2-8-18)16(21)15-3-1-12-23-15/h4-5,9-10,15-16H,1-3,6-8,11-13H2,(H,20,22)/t15-,16-/m0/s1. The minimum absolute atomic E-state index is 0.0806. The number of ether oxygens (including phenoxy) is 1. The molecule has 1 N–H and O–H groups in total. The first-order valence-electron chi connectivity index (χ1n) is 8.83. The van der Waals surface area contributed by atoms with Crippen molar-refractivity contribution in [2.75, 3.05) is 19.7 Å². The van der Waals surface area contributed by atoms with Gasteiger partial charge in [-0.1, -0.05) is 6.42 Å². The van der Waals surface area contributed by atoms with Gasteiger partial charge in [-0.3, -0.25) is 4.98 Å². The fourth-order valence-corrected chi connectivity index (χ4v) is 4.44. The second-order valence-electron chi connectivity index (χ2n) is 7.18. The molecule has 3 aliphatic rings. The lowest BCUT2D eigenvalue weighted by Crippen LogP contribution is -2.73. The van der Waals surface area contributed by atoms with Gasteiger partial charge in [0.05, 0.1) is 12.1 Å². The predicted molar refractivity (Wildman–Crippen MR) is 87.1 cm³/mol. The molecule has 3 fully saturated rings. The smallest absolute Gasteiger partial charge is 0.317 e. The third kappa shape index (κ3) is 2.71. The van der Waals surface area contributed by atoms with Crippen molar-refractivity contribution in [2.45, 2.75) is 50.7 Å². The Kier molecular flexibility index (Phi) is 3.97. The summed E-state index contributed by atoms with van der Waals surface area (Å²) in [5.74, 6) is 0. The highest BCUT2D eigenvalue weighted by Gasteiger charge is 2.60. The molecular weight excluding hydrogens is 290 g/mol. The van der Waals surface area contributed by atoms with Gasteiger partial charge in [-0.15, -0.1) is 0 Å². The first-order valence-corrected chi connectivity index (χ1v) is 8.83. The lowest BCUT2D eigenvalue weighted by molar-refractivity contribution is -0.147. The average molecular weight is 315 g/mol. The number of hydrogen-bond acceptors (Lipinski definition) is 3. The first-order chi connectivity index (χ1) is 11.3. The molecule has 0 aromatic carbocycles. The molecule has 4 rings (SSSR count). The maximum atomic E-state index is 12.6. The van der Waals surface area contributed by atoms with Crippen LogP contribution in [0.15, 0.2) is 24.5 Å². The van der Waals surface area contributed by atoms with E-state index in [1.54, 1.807) is 12.4 Å². The maximum Gasteiger partial charge on any atom is 0.317 e. The van der Waals surface area contributed by atoms with E-state index in [4.69, 9.17) is 4.74 Å². The van der Waals surface area contributed by atoms with E-state index >= 15 is 0 Å². The van der Waals surface area contributed by atoms with Crippen molar-refractivity contribution in [1.82, 2.24) is 15.2 Å². The van der Waals surface area contributed by atoms with E-state index in [1.165, 1.54) is 24.8 Å². The third-order valence-electron chi connectivity index (χ3n) is 5.81. The van der Waals surface area contributed by atoms with Crippen molar-refractivity contribution in [1.29, 1.82) is 0 Å². The molecule has 2 atom stereocenters. The highest BCUT2D eigenvalue weighted by atomic mass is 16.5. The van der Waals surface area contributed by atoms with Crippen molar-refractivity contribution in [3.8, 4) is 0 Å². The van der Waals surface area contributed by atoms with Gasteiger partial charge in [0.2, 0.25) is 0 Å². The Morgan fingerprint density at radius 1 is 1.35 bits per heavy atom. The van der Waals surface area contributed by atoms with Crippen LogP contribution in [0.4, 0.5) is 4.79 Å². The number of hydrogen-bond donors (Lipinski definition) is 1. The van der Waals surface area contributed by atoms with Crippen molar-refractivity contribution >= 4 is 6.03 Å². The van der Waals surface area contributed by atoms with E-state index in [-0.39, 0.29) is 12.1 Å². The summed E-state index contributed by atoms with van der Waals surface area (Å²) in [6, 6.07) is 4.37. The summed E-state index contributed by atoms with van der Waals surface area (Å²) in [6.45, 7) is 2.44. The van der Waals surface area contributed by atoms with Crippen LogP contribution >= 0.6 is 0 Å². The summed E-state index contributed by atoms with van der Waals surface area (Å²) < 4.78 is 5.91. The maximum absolute atomic E-state index is 12.6. The summed E-state index contributed by atoms with van der Waals surface area (Å²) in [7, 11) is 0. The molecule has 0 radical (unpaired) electrons. The van der Waals surface area contributed by atoms with Gasteiger partial charge in [0.25, 0.3) is 0 Å². The van der Waals surface area contributed by atoms with Crippen LogP contribution in [0.5, 0.6) is 0 Å². The monoisotopic (exact) mass is 315 g/mol. The third-order valence-corrected chi connectivity index (χ3v) is 5.81. The molecule has 0 bridgehead atoms. The largest absolute Gasteiger partial charge is 0.376 e. The molecule has 5 nitrogen and oxygen atoms in total. The van der Waals surface area contributed by atoms with Gasteiger partial charge in [0, 0.05) is 37.5 Å². The summed E-state index contributed by atoms with van der Waals surface area (Å²) >= 11 is 0. The zero-order valence-corrected chi connectivity index (χ0v) is 13.5. The average Bonchev–Trinajstić information content (AvgIpc) is 2.99. The van der Waals surface area contributed by atoms with Crippen molar-refractivity contribution in [3.63, 3.8) is 0 Å². The molecular formula is C18H25N3O2. The van der Waals surface area contributed by atoms with E-state index in [2.05, 4.69) is 10.3 Å². The second-order valence-corrected chi connectivity index (χ2v) is 7.18. The quantitative estimate of drug-likeness (QED) is 0.928. The van der Waals surface area contributed by atoms with Crippen LogP contribution < -0.4 is 5.32 Å². The van der Waals surface area contributed by atoms with Crippen molar-refractivity contribution < 1.29 is 9.53 Å². The molecule has 2 aliphatic heterocycles. The predicted octanol–water partition coefficient (Wildman–Crippen LogP) is 2.37. The van der Waals surface area contributed by atoms with Crippen molar-refractivity contribution in [3.05, 3.63) is 30.1 Å². The number of nitrogens with zero attached hydrogens (tertiary/aromatic N) is 2. The number of carbonyl (C=O) groups excluding carboxylic acids is 1. The molecule has 2 amide bonds. The van der Waals surface area contributed by atoms with Crippen LogP contribution in [0.25, 0.3) is 0 Å². The first kappa shape index (κ1) is 14.9. The van der Waals surface area contributed by atoms with E-state index in [0.29, 0.717) is 18.0 Å². The van der Waals surface area contributed by atoms with E-state index in [0.717, 1.165) is 32.4 Å². The molecule has 5 heteroatoms. The minimum atomic E-state index is 0.0806. The molecule has 124 valence electrons. The van der Waals surface area contributed by atoms with E-state index < -0.39 is 0 Å². The number of aromatic nitrogens is 1. The summed E-state index contributed by atoms with van der Waals surface area (Å²) in [6.07, 6.45) is 10.8. The number of carbonyl (C=O) groups is 1. The molecule has 1 aliphatic carbocycles. The Bertz CT molecular complexity index is 553. The lowest BCUT2D eigenvalue weighted by Gasteiger charge is -2.63. The number of amides is 2. The molecule has 1 aromatic rings. The molecule has 1 aromatic heterocycles. The number of rotatable bonds is 4. The Balaban J connectivity index is 1.32. The van der Waals surface area contributed by atoms with Crippen LogP contribution in [0.3, 0.4) is 0 Å². The van der Waals surface area contributed by atoms with Crippen LogP contribution in [0.2, 0.25) is 0 Å². The molecule has 1 saturated carbocycles. The van der Waals surface area contributed by atoms with E-state index in [9.17, 15) is 4.79 Å². The van der Waals surface area contributed by atoms with Gasteiger partial charge in [0.1, 0.15) is 0 Å². The lowest BCUT2D eigenvalue weighted by atomic mass is 9.56. The van der Waals surface area contributed by atoms with Crippen molar-refractivity contribution in [2.24, 2.45) is 5.41 Å². The molecule has 2 saturated heterocycles. The number of urea groups is 1. The zero-order valence-electron chi connectivity index (χ0n) is 13.5. The number of pyridine rings is 1.